The number of imidazole rings is 1. The van der Waals surface area contributed by atoms with Gasteiger partial charge in [0.1, 0.15) is 11.8 Å². The molecule has 1 fully saturated rings. The molecule has 6 heteroatoms. The van der Waals surface area contributed by atoms with Crippen LogP contribution in [0.15, 0.2) is 24.8 Å². The lowest BCUT2D eigenvalue weighted by molar-refractivity contribution is 0.269. The molecule has 2 aromatic rings. The van der Waals surface area contributed by atoms with Crippen LogP contribution in [0.5, 0.6) is 0 Å². The van der Waals surface area contributed by atoms with Gasteiger partial charge in [0.25, 0.3) is 0 Å². The highest BCUT2D eigenvalue weighted by Crippen LogP contribution is 2.45. The van der Waals surface area contributed by atoms with Crippen molar-refractivity contribution < 1.29 is 5.11 Å². The van der Waals surface area contributed by atoms with Crippen molar-refractivity contribution in [3.05, 3.63) is 30.0 Å². The average molecular weight is 251 g/mol. The summed E-state index contributed by atoms with van der Waals surface area (Å²) in [6.07, 6.45) is 3.12. The molecule has 17 heavy (non-hydrogen) atoms. The molecule has 0 saturated heterocycles. The highest BCUT2D eigenvalue weighted by Gasteiger charge is 2.41. The Morgan fingerprint density at radius 2 is 2.18 bits per heavy atom. The van der Waals surface area contributed by atoms with Crippen LogP contribution >= 0.6 is 11.6 Å². The van der Waals surface area contributed by atoms with Crippen molar-refractivity contribution in [1.29, 1.82) is 0 Å². The zero-order valence-electron chi connectivity index (χ0n) is 9.04. The maximum Gasteiger partial charge on any atom is 0.164 e. The smallest absolute Gasteiger partial charge is 0.164 e. The van der Waals surface area contributed by atoms with Gasteiger partial charge in [-0.2, -0.15) is 0 Å². The summed E-state index contributed by atoms with van der Waals surface area (Å²) in [4.78, 5) is 12.2. The third kappa shape index (κ3) is 1.62. The van der Waals surface area contributed by atoms with Crippen molar-refractivity contribution >= 4 is 22.8 Å². The maximum absolute atomic E-state index is 9.10. The molecule has 2 heterocycles. The topological polar surface area (TPSA) is 63.8 Å². The minimum Gasteiger partial charge on any atom is -0.396 e. The lowest BCUT2D eigenvalue weighted by Gasteiger charge is -2.01. The minimum absolute atomic E-state index is 0.159. The van der Waals surface area contributed by atoms with E-state index < -0.39 is 0 Å². The van der Waals surface area contributed by atoms with E-state index in [0.717, 1.165) is 17.8 Å². The maximum atomic E-state index is 9.10. The highest BCUT2D eigenvalue weighted by molar-refractivity contribution is 6.33. The van der Waals surface area contributed by atoms with E-state index in [1.54, 1.807) is 6.33 Å². The molecule has 1 saturated carbocycles. The molecule has 1 aliphatic carbocycles. The number of nitrogens with zero attached hydrogens (tertiary/aromatic N) is 4. The predicted molar refractivity (Wildman–Crippen MR) is 63.5 cm³/mol. The van der Waals surface area contributed by atoms with Crippen LogP contribution in [0.4, 0.5) is 0 Å². The average Bonchev–Trinajstić information content (AvgIpc) is 2.74. The van der Waals surface area contributed by atoms with Crippen molar-refractivity contribution in [2.24, 2.45) is 11.8 Å². The van der Waals surface area contributed by atoms with Crippen molar-refractivity contribution in [2.75, 3.05) is 6.61 Å². The van der Waals surface area contributed by atoms with E-state index in [2.05, 4.69) is 21.5 Å². The van der Waals surface area contributed by atoms with E-state index in [1.807, 2.05) is 4.57 Å². The summed E-state index contributed by atoms with van der Waals surface area (Å²) in [5, 5.41) is 9.46. The first-order chi connectivity index (χ1) is 8.22. The summed E-state index contributed by atoms with van der Waals surface area (Å²) in [6.45, 7) is 4.81. The second-order valence-electron chi connectivity index (χ2n) is 4.20. The van der Waals surface area contributed by atoms with Gasteiger partial charge in [0.2, 0.25) is 0 Å². The molecule has 2 aromatic heterocycles. The Hall–Kier alpha value is -1.46. The largest absolute Gasteiger partial charge is 0.396 e. The SMILES string of the molecule is C=C1C(CO)C1Cn1cnc2c(Cl)ncnc21. The van der Waals surface area contributed by atoms with Crippen LogP contribution in [0, 0.1) is 11.8 Å². The van der Waals surface area contributed by atoms with E-state index in [1.165, 1.54) is 6.33 Å². The molecule has 1 aliphatic rings. The molecule has 0 radical (unpaired) electrons. The molecule has 88 valence electrons. The van der Waals surface area contributed by atoms with Gasteiger partial charge in [-0.15, -0.1) is 0 Å². The van der Waals surface area contributed by atoms with Crippen molar-refractivity contribution in [3.8, 4) is 0 Å². The Balaban J connectivity index is 1.92. The number of aliphatic hydroxyl groups excluding tert-OH is 1. The molecule has 0 aromatic carbocycles. The summed E-state index contributed by atoms with van der Waals surface area (Å²) in [7, 11) is 0. The standard InChI is InChI=1S/C11H11ClN4O/c1-6-7(8(6)3-17)2-16-5-15-9-10(12)13-4-14-11(9)16/h4-5,7-8,17H,1-3H2. The Morgan fingerprint density at radius 1 is 1.35 bits per heavy atom. The van der Waals surface area contributed by atoms with E-state index in [-0.39, 0.29) is 12.5 Å². The molecule has 0 amide bonds. The van der Waals surface area contributed by atoms with Gasteiger partial charge in [-0.25, -0.2) is 15.0 Å². The summed E-state index contributed by atoms with van der Waals surface area (Å²) < 4.78 is 1.92. The molecule has 2 atom stereocenters. The Kier molecular flexibility index (Phi) is 2.38. The van der Waals surface area contributed by atoms with Gasteiger partial charge in [-0.3, -0.25) is 0 Å². The minimum atomic E-state index is 0.159. The monoisotopic (exact) mass is 250 g/mol. The van der Waals surface area contributed by atoms with Gasteiger partial charge in [-0.1, -0.05) is 23.8 Å². The Labute approximate surface area is 103 Å². The van der Waals surface area contributed by atoms with Gasteiger partial charge in [0.15, 0.2) is 10.8 Å². The third-order valence-electron chi connectivity index (χ3n) is 3.28. The van der Waals surface area contributed by atoms with Crippen LogP contribution in [0.3, 0.4) is 0 Å². The summed E-state index contributed by atoms with van der Waals surface area (Å²) >= 11 is 5.92. The first kappa shape index (κ1) is 10.7. The van der Waals surface area contributed by atoms with Crippen molar-refractivity contribution in [2.45, 2.75) is 6.54 Å². The fourth-order valence-corrected chi connectivity index (χ4v) is 2.31. The first-order valence-corrected chi connectivity index (χ1v) is 5.71. The number of rotatable bonds is 3. The van der Waals surface area contributed by atoms with E-state index >= 15 is 0 Å². The zero-order chi connectivity index (χ0) is 12.0. The second-order valence-corrected chi connectivity index (χ2v) is 4.56. The quantitative estimate of drug-likeness (QED) is 0.658. The molecule has 3 rings (SSSR count). The summed E-state index contributed by atoms with van der Waals surface area (Å²) in [6, 6.07) is 0. The summed E-state index contributed by atoms with van der Waals surface area (Å²) in [5.41, 5.74) is 2.43. The number of aliphatic hydroxyl groups is 1. The number of aromatic nitrogens is 4. The molecule has 0 spiro atoms. The van der Waals surface area contributed by atoms with Crippen molar-refractivity contribution in [3.63, 3.8) is 0 Å². The molecule has 1 N–H and O–H groups in total. The molecular formula is C11H11ClN4O. The zero-order valence-corrected chi connectivity index (χ0v) is 9.80. The number of fused-ring (bicyclic) bond motifs is 1. The third-order valence-corrected chi connectivity index (χ3v) is 3.55. The number of halogens is 1. The Morgan fingerprint density at radius 3 is 2.88 bits per heavy atom. The number of hydrogen-bond acceptors (Lipinski definition) is 4. The van der Waals surface area contributed by atoms with Crippen LogP contribution in [0.1, 0.15) is 0 Å². The van der Waals surface area contributed by atoms with Gasteiger partial charge in [0.05, 0.1) is 12.9 Å². The number of hydrogen-bond donors (Lipinski definition) is 1. The van der Waals surface area contributed by atoms with E-state index in [4.69, 9.17) is 16.7 Å². The van der Waals surface area contributed by atoms with Crippen molar-refractivity contribution in [1.82, 2.24) is 19.5 Å². The van der Waals surface area contributed by atoms with E-state index in [9.17, 15) is 0 Å². The van der Waals surface area contributed by atoms with Crippen LogP contribution in [0.2, 0.25) is 5.15 Å². The Bertz CT molecular complexity index is 594. The van der Waals surface area contributed by atoms with Gasteiger partial charge < -0.3 is 9.67 Å². The lowest BCUT2D eigenvalue weighted by atomic mass is 10.3. The normalized spacial score (nSPS) is 23.3. The van der Waals surface area contributed by atoms with Gasteiger partial charge in [-0.05, 0) is 0 Å². The second kappa shape index (κ2) is 3.78. The fourth-order valence-electron chi connectivity index (χ4n) is 2.13. The van der Waals surface area contributed by atoms with Gasteiger partial charge >= 0.3 is 0 Å². The molecule has 0 bridgehead atoms. The van der Waals surface area contributed by atoms with Crippen LogP contribution in [-0.2, 0) is 6.54 Å². The predicted octanol–water partition coefficient (Wildman–Crippen LogP) is 1.27. The highest BCUT2D eigenvalue weighted by atomic mass is 35.5. The van der Waals surface area contributed by atoms with Crippen LogP contribution < -0.4 is 0 Å². The summed E-state index contributed by atoms with van der Waals surface area (Å²) in [5.74, 6) is 0.524. The first-order valence-electron chi connectivity index (χ1n) is 5.33. The lowest BCUT2D eigenvalue weighted by Crippen LogP contribution is -2.02. The molecule has 2 unspecified atom stereocenters. The van der Waals surface area contributed by atoms with Crippen LogP contribution in [-0.4, -0.2) is 31.2 Å². The van der Waals surface area contributed by atoms with E-state index in [0.29, 0.717) is 16.6 Å². The molecule has 5 nitrogen and oxygen atoms in total. The van der Waals surface area contributed by atoms with Gasteiger partial charge in [0, 0.05) is 18.4 Å². The fraction of sp³-hybridized carbons (Fsp3) is 0.364. The van der Waals surface area contributed by atoms with Crippen LogP contribution in [0.25, 0.3) is 11.2 Å². The molecular weight excluding hydrogens is 240 g/mol. The molecule has 0 aliphatic heterocycles.